The number of hydrogen-bond donors (Lipinski definition) is 3. The number of nitrogens with zero attached hydrogens (tertiary/aromatic N) is 2. The number of nitrogens with one attached hydrogen (secondary N) is 2. The van der Waals surface area contributed by atoms with Crippen LogP contribution >= 0.6 is 11.6 Å². The van der Waals surface area contributed by atoms with Crippen molar-refractivity contribution in [2.75, 3.05) is 11.9 Å². The molecule has 0 fully saturated rings. The maximum absolute atomic E-state index is 11.2. The third-order valence-electron chi connectivity index (χ3n) is 3.09. The Morgan fingerprint density at radius 2 is 2.14 bits per heavy atom. The van der Waals surface area contributed by atoms with E-state index in [1.807, 2.05) is 12.1 Å². The van der Waals surface area contributed by atoms with E-state index in [1.165, 1.54) is 17.9 Å². The number of carbonyl (C=O) groups excluding carboxylic acids is 1. The first kappa shape index (κ1) is 13.6. The minimum Gasteiger partial charge on any atom is -0.489 e. The highest BCUT2D eigenvalue weighted by atomic mass is 35.5. The molecule has 1 atom stereocenters. The fourth-order valence-electron chi connectivity index (χ4n) is 2.07. The van der Waals surface area contributed by atoms with E-state index in [9.17, 15) is 4.79 Å². The minimum atomic E-state index is -0.664. The molecule has 8 heteroatoms. The van der Waals surface area contributed by atoms with Gasteiger partial charge in [-0.3, -0.25) is 10.0 Å². The highest BCUT2D eigenvalue weighted by molar-refractivity contribution is 6.32. The molecule has 1 aliphatic heterocycles. The van der Waals surface area contributed by atoms with Crippen molar-refractivity contribution in [2.24, 2.45) is 0 Å². The van der Waals surface area contributed by atoms with Gasteiger partial charge in [-0.05, 0) is 6.07 Å². The average Bonchev–Trinajstić information content (AvgIpc) is 2.92. The SMILES string of the molecule is O=C(NO)c1cnc(NC2COc3c(Cl)cccc32)nc1. The van der Waals surface area contributed by atoms with Gasteiger partial charge in [-0.2, -0.15) is 0 Å². The maximum Gasteiger partial charge on any atom is 0.277 e. The molecule has 2 aromatic rings. The van der Waals surface area contributed by atoms with Gasteiger partial charge >= 0.3 is 0 Å². The summed E-state index contributed by atoms with van der Waals surface area (Å²) in [6, 6.07) is 5.41. The number of carbonyl (C=O) groups is 1. The average molecular weight is 307 g/mol. The third-order valence-corrected chi connectivity index (χ3v) is 3.38. The van der Waals surface area contributed by atoms with E-state index in [0.717, 1.165) is 5.56 Å². The number of benzene rings is 1. The van der Waals surface area contributed by atoms with Crippen LogP contribution in [0.4, 0.5) is 5.95 Å². The second-order valence-corrected chi connectivity index (χ2v) is 4.81. The molecule has 2 heterocycles. The standard InChI is InChI=1S/C13H11ClN4O3/c14-9-3-1-2-8-10(6-21-11(8)9)17-13-15-4-7(5-16-13)12(19)18-20/h1-5,10,20H,6H2,(H,18,19)(H,15,16,17). The fourth-order valence-corrected chi connectivity index (χ4v) is 2.30. The number of amides is 1. The molecular formula is C13H11ClN4O3. The Bertz CT molecular complexity index is 678. The smallest absolute Gasteiger partial charge is 0.277 e. The Labute approximate surface area is 124 Å². The van der Waals surface area contributed by atoms with Gasteiger partial charge in [0.05, 0.1) is 16.6 Å². The van der Waals surface area contributed by atoms with Crippen LogP contribution in [0.2, 0.25) is 5.02 Å². The van der Waals surface area contributed by atoms with Gasteiger partial charge in [0.1, 0.15) is 12.4 Å². The zero-order valence-electron chi connectivity index (χ0n) is 10.7. The minimum absolute atomic E-state index is 0.115. The van der Waals surface area contributed by atoms with Crippen molar-refractivity contribution in [3.05, 3.63) is 46.7 Å². The summed E-state index contributed by atoms with van der Waals surface area (Å²) in [4.78, 5) is 19.2. The molecule has 1 aromatic carbocycles. The van der Waals surface area contributed by atoms with E-state index >= 15 is 0 Å². The summed E-state index contributed by atoms with van der Waals surface area (Å²) in [6.07, 6.45) is 2.63. The summed E-state index contributed by atoms with van der Waals surface area (Å²) >= 11 is 6.06. The first-order valence-electron chi connectivity index (χ1n) is 6.13. The number of aromatic nitrogens is 2. The van der Waals surface area contributed by atoms with Crippen LogP contribution in [0.25, 0.3) is 0 Å². The number of ether oxygens (including phenoxy) is 1. The molecule has 1 unspecified atom stereocenters. The molecule has 108 valence electrons. The van der Waals surface area contributed by atoms with Gasteiger partial charge in [0, 0.05) is 18.0 Å². The van der Waals surface area contributed by atoms with E-state index < -0.39 is 5.91 Å². The van der Waals surface area contributed by atoms with Crippen molar-refractivity contribution >= 4 is 23.5 Å². The third kappa shape index (κ3) is 2.61. The van der Waals surface area contributed by atoms with E-state index in [-0.39, 0.29) is 11.6 Å². The van der Waals surface area contributed by atoms with Crippen molar-refractivity contribution in [1.29, 1.82) is 0 Å². The van der Waals surface area contributed by atoms with Crippen LogP contribution in [0.5, 0.6) is 5.75 Å². The Morgan fingerprint density at radius 3 is 2.86 bits per heavy atom. The number of hydrogen-bond acceptors (Lipinski definition) is 6. The summed E-state index contributed by atoms with van der Waals surface area (Å²) in [5.41, 5.74) is 2.61. The number of rotatable bonds is 3. The van der Waals surface area contributed by atoms with Gasteiger partial charge < -0.3 is 10.1 Å². The molecule has 21 heavy (non-hydrogen) atoms. The van der Waals surface area contributed by atoms with Crippen LogP contribution in [-0.4, -0.2) is 27.7 Å². The zero-order chi connectivity index (χ0) is 14.8. The lowest BCUT2D eigenvalue weighted by molar-refractivity contribution is 0.0705. The highest BCUT2D eigenvalue weighted by Crippen LogP contribution is 2.39. The van der Waals surface area contributed by atoms with E-state index in [1.54, 1.807) is 6.07 Å². The summed E-state index contributed by atoms with van der Waals surface area (Å²) < 4.78 is 5.55. The maximum atomic E-state index is 11.2. The Morgan fingerprint density at radius 1 is 1.38 bits per heavy atom. The van der Waals surface area contributed by atoms with Crippen LogP contribution in [0.15, 0.2) is 30.6 Å². The van der Waals surface area contributed by atoms with Gasteiger partial charge in [-0.25, -0.2) is 15.4 Å². The van der Waals surface area contributed by atoms with Gasteiger partial charge in [-0.1, -0.05) is 23.7 Å². The Kier molecular flexibility index (Phi) is 3.59. The Hall–Kier alpha value is -2.38. The molecular weight excluding hydrogens is 296 g/mol. The van der Waals surface area contributed by atoms with Gasteiger partial charge in [0.25, 0.3) is 5.91 Å². The highest BCUT2D eigenvalue weighted by Gasteiger charge is 2.26. The van der Waals surface area contributed by atoms with Crippen molar-refractivity contribution < 1.29 is 14.7 Å². The lowest BCUT2D eigenvalue weighted by Gasteiger charge is -2.11. The topological polar surface area (TPSA) is 96.4 Å². The first-order chi connectivity index (χ1) is 10.2. The molecule has 3 rings (SSSR count). The lowest BCUT2D eigenvalue weighted by Crippen LogP contribution is -2.20. The van der Waals surface area contributed by atoms with Crippen molar-refractivity contribution in [3.8, 4) is 5.75 Å². The number of halogens is 1. The van der Waals surface area contributed by atoms with Crippen molar-refractivity contribution in [1.82, 2.24) is 15.4 Å². The molecule has 0 saturated heterocycles. The second kappa shape index (κ2) is 5.55. The van der Waals surface area contributed by atoms with Crippen LogP contribution in [0.3, 0.4) is 0 Å². The van der Waals surface area contributed by atoms with Gasteiger partial charge in [-0.15, -0.1) is 0 Å². The lowest BCUT2D eigenvalue weighted by atomic mass is 10.1. The number of fused-ring (bicyclic) bond motifs is 1. The zero-order valence-corrected chi connectivity index (χ0v) is 11.5. The predicted octanol–water partition coefficient (Wildman–Crippen LogP) is 1.79. The second-order valence-electron chi connectivity index (χ2n) is 4.40. The van der Waals surface area contributed by atoms with Crippen LogP contribution in [0, 0.1) is 0 Å². The van der Waals surface area contributed by atoms with Crippen LogP contribution in [0.1, 0.15) is 22.0 Å². The largest absolute Gasteiger partial charge is 0.489 e. The summed E-state index contributed by atoms with van der Waals surface area (Å²) in [6.45, 7) is 0.418. The number of hydroxylamine groups is 1. The summed E-state index contributed by atoms with van der Waals surface area (Å²) in [5, 5.41) is 12.2. The monoisotopic (exact) mass is 306 g/mol. The fraction of sp³-hybridized carbons (Fsp3) is 0.154. The van der Waals surface area contributed by atoms with E-state index in [2.05, 4.69) is 15.3 Å². The van der Waals surface area contributed by atoms with E-state index in [0.29, 0.717) is 23.3 Å². The quantitative estimate of drug-likeness (QED) is 0.591. The Balaban J connectivity index is 1.77. The summed E-state index contributed by atoms with van der Waals surface area (Å²) in [7, 11) is 0. The van der Waals surface area contributed by atoms with Crippen molar-refractivity contribution in [2.45, 2.75) is 6.04 Å². The molecule has 0 saturated carbocycles. The van der Waals surface area contributed by atoms with Crippen LogP contribution < -0.4 is 15.5 Å². The van der Waals surface area contributed by atoms with E-state index in [4.69, 9.17) is 21.5 Å². The number of para-hydroxylation sites is 1. The van der Waals surface area contributed by atoms with Gasteiger partial charge in [0.2, 0.25) is 5.95 Å². The molecule has 0 bridgehead atoms. The first-order valence-corrected chi connectivity index (χ1v) is 6.51. The molecule has 1 aliphatic rings. The molecule has 1 aromatic heterocycles. The molecule has 0 radical (unpaired) electrons. The molecule has 1 amide bonds. The molecule has 3 N–H and O–H groups in total. The van der Waals surface area contributed by atoms with Crippen LogP contribution in [-0.2, 0) is 0 Å². The molecule has 0 spiro atoms. The predicted molar refractivity (Wildman–Crippen MR) is 74.6 cm³/mol. The molecule has 0 aliphatic carbocycles. The van der Waals surface area contributed by atoms with Crippen molar-refractivity contribution in [3.63, 3.8) is 0 Å². The molecule has 7 nitrogen and oxygen atoms in total. The number of anilines is 1. The summed E-state index contributed by atoms with van der Waals surface area (Å²) in [5.74, 6) is 0.349. The van der Waals surface area contributed by atoms with Gasteiger partial charge in [0.15, 0.2) is 0 Å². The normalized spacial score (nSPS) is 16.0.